The topological polar surface area (TPSA) is 87.8 Å². The summed E-state index contributed by atoms with van der Waals surface area (Å²) in [6.07, 6.45) is 2.97. The summed E-state index contributed by atoms with van der Waals surface area (Å²) < 4.78 is 7.49. The van der Waals surface area contributed by atoms with E-state index >= 15 is 0 Å². The van der Waals surface area contributed by atoms with Crippen LogP contribution in [0.15, 0.2) is 39.5 Å². The number of fused-ring (bicyclic) bond motifs is 4. The Morgan fingerprint density at radius 1 is 1.13 bits per heavy atom. The van der Waals surface area contributed by atoms with Crippen LogP contribution in [-0.2, 0) is 11.3 Å². The maximum Gasteiger partial charge on any atom is 0.286 e. The largest absolute Gasteiger partial charge is 0.455 e. The van der Waals surface area contributed by atoms with Crippen LogP contribution >= 0.6 is 0 Å². The van der Waals surface area contributed by atoms with Gasteiger partial charge in [-0.2, -0.15) is 0 Å². The van der Waals surface area contributed by atoms with Crippen LogP contribution in [0.5, 0.6) is 0 Å². The van der Waals surface area contributed by atoms with Gasteiger partial charge >= 0.3 is 0 Å². The lowest BCUT2D eigenvalue weighted by Crippen LogP contribution is -2.53. The van der Waals surface area contributed by atoms with E-state index in [1.807, 2.05) is 17.0 Å². The van der Waals surface area contributed by atoms with Crippen molar-refractivity contribution < 1.29 is 14.0 Å². The number of amides is 2. The van der Waals surface area contributed by atoms with Crippen LogP contribution in [0.4, 0.5) is 0 Å². The van der Waals surface area contributed by atoms with E-state index < -0.39 is 6.04 Å². The summed E-state index contributed by atoms with van der Waals surface area (Å²) in [4.78, 5) is 42.3. The van der Waals surface area contributed by atoms with Crippen molar-refractivity contribution in [3.63, 3.8) is 0 Å². The Hall–Kier alpha value is -2.87. The van der Waals surface area contributed by atoms with E-state index in [9.17, 15) is 14.4 Å². The van der Waals surface area contributed by atoms with Gasteiger partial charge in [-0.25, -0.2) is 0 Å². The van der Waals surface area contributed by atoms with Crippen LogP contribution in [0.3, 0.4) is 0 Å². The lowest BCUT2D eigenvalue weighted by molar-refractivity contribution is -0.137. The lowest BCUT2D eigenvalue weighted by Gasteiger charge is -2.46. The molecular formula is C23H28N4O4. The first-order valence-corrected chi connectivity index (χ1v) is 11.1. The van der Waals surface area contributed by atoms with Gasteiger partial charge in [-0.3, -0.25) is 23.9 Å². The van der Waals surface area contributed by atoms with Gasteiger partial charge in [0.15, 0.2) is 5.76 Å². The number of furan rings is 1. The quantitative estimate of drug-likeness (QED) is 0.805. The first-order chi connectivity index (χ1) is 15.0. The van der Waals surface area contributed by atoms with Gasteiger partial charge in [0.2, 0.25) is 5.91 Å². The summed E-state index contributed by atoms with van der Waals surface area (Å²) in [7, 11) is 1.58. The molecule has 2 saturated heterocycles. The highest BCUT2D eigenvalue weighted by molar-refractivity contribution is 5.91. The second-order valence-electron chi connectivity index (χ2n) is 8.87. The number of rotatable bonds is 4. The Bertz CT molecular complexity index is 1050. The summed E-state index contributed by atoms with van der Waals surface area (Å²) in [6.45, 7) is 3.64. The van der Waals surface area contributed by atoms with Crippen molar-refractivity contribution in [3.05, 3.63) is 57.9 Å². The standard InChI is InChI=1S/C23H28N4O4/c1-24-22(29)19-8-7-17(31-19)14-25-12-15-11-16(13-25)21(23(30)26-9-2-3-10-26)27-18(15)5-4-6-20(27)28/h4-8,15-16,21H,2-3,9-14H2,1H3,(H,24,29)/t15-,16+,21-/m1/s1. The molecule has 2 fully saturated rings. The summed E-state index contributed by atoms with van der Waals surface area (Å²) in [5, 5.41) is 2.57. The minimum absolute atomic E-state index is 0.0767. The number of pyridine rings is 1. The highest BCUT2D eigenvalue weighted by Gasteiger charge is 2.45. The molecule has 5 rings (SSSR count). The van der Waals surface area contributed by atoms with E-state index in [2.05, 4.69) is 10.2 Å². The molecule has 0 aliphatic carbocycles. The number of hydrogen-bond acceptors (Lipinski definition) is 5. The first kappa shape index (κ1) is 20.1. The Kier molecular flexibility index (Phi) is 5.17. The predicted octanol–water partition coefficient (Wildman–Crippen LogP) is 1.58. The van der Waals surface area contributed by atoms with E-state index in [1.165, 1.54) is 0 Å². The smallest absolute Gasteiger partial charge is 0.286 e. The van der Waals surface area contributed by atoms with Gasteiger partial charge in [0.1, 0.15) is 11.8 Å². The first-order valence-electron chi connectivity index (χ1n) is 11.1. The van der Waals surface area contributed by atoms with Crippen molar-refractivity contribution >= 4 is 11.8 Å². The molecule has 164 valence electrons. The molecule has 2 aromatic rings. The molecule has 2 bridgehead atoms. The van der Waals surface area contributed by atoms with Gasteiger partial charge in [0, 0.05) is 56.8 Å². The Morgan fingerprint density at radius 2 is 1.94 bits per heavy atom. The number of piperidine rings is 1. The summed E-state index contributed by atoms with van der Waals surface area (Å²) in [5.74, 6) is 1.14. The molecule has 3 atom stereocenters. The lowest BCUT2D eigenvalue weighted by atomic mass is 9.78. The summed E-state index contributed by atoms with van der Waals surface area (Å²) >= 11 is 0. The van der Waals surface area contributed by atoms with Gasteiger partial charge in [-0.1, -0.05) is 6.07 Å². The van der Waals surface area contributed by atoms with Crippen LogP contribution < -0.4 is 10.9 Å². The molecule has 2 amide bonds. The van der Waals surface area contributed by atoms with E-state index in [1.54, 1.807) is 29.8 Å². The fraction of sp³-hybridized carbons (Fsp3) is 0.522. The van der Waals surface area contributed by atoms with Gasteiger partial charge in [0.25, 0.3) is 11.5 Å². The molecule has 3 aliphatic rings. The zero-order chi connectivity index (χ0) is 21.5. The third-order valence-corrected chi connectivity index (χ3v) is 6.89. The van der Waals surface area contributed by atoms with Crippen LogP contribution in [-0.4, -0.2) is 59.4 Å². The predicted molar refractivity (Wildman–Crippen MR) is 114 cm³/mol. The molecule has 8 nitrogen and oxygen atoms in total. The number of nitrogens with zero attached hydrogens (tertiary/aromatic N) is 3. The van der Waals surface area contributed by atoms with E-state index in [-0.39, 0.29) is 29.2 Å². The molecule has 5 heterocycles. The summed E-state index contributed by atoms with van der Waals surface area (Å²) in [5.41, 5.74) is 0.871. The number of carbonyl (C=O) groups excluding carboxylic acids is 2. The van der Waals surface area contributed by atoms with E-state index in [0.29, 0.717) is 12.3 Å². The fourth-order valence-corrected chi connectivity index (χ4v) is 5.53. The monoisotopic (exact) mass is 424 g/mol. The number of likely N-dealkylation sites (tertiary alicyclic amines) is 2. The molecule has 31 heavy (non-hydrogen) atoms. The minimum atomic E-state index is -0.445. The normalized spacial score (nSPS) is 25.3. The Morgan fingerprint density at radius 3 is 2.71 bits per heavy atom. The average molecular weight is 425 g/mol. The van der Waals surface area contributed by atoms with Crippen molar-refractivity contribution in [2.24, 2.45) is 5.92 Å². The van der Waals surface area contributed by atoms with E-state index in [0.717, 1.165) is 56.9 Å². The van der Waals surface area contributed by atoms with Gasteiger partial charge < -0.3 is 14.6 Å². The van der Waals surface area contributed by atoms with Crippen LogP contribution in [0, 0.1) is 5.92 Å². The molecule has 3 aliphatic heterocycles. The SMILES string of the molecule is CNC(=O)c1ccc(CN2C[C@H]3C[C@@H](C2)[C@H](C(=O)N2CCCC2)n2c3cccc2=O)o1. The van der Waals surface area contributed by atoms with E-state index in [4.69, 9.17) is 4.42 Å². The van der Waals surface area contributed by atoms with Gasteiger partial charge in [-0.15, -0.1) is 0 Å². The molecule has 1 N–H and O–H groups in total. The molecule has 0 saturated carbocycles. The molecule has 2 aromatic heterocycles. The van der Waals surface area contributed by atoms with Gasteiger partial charge in [-0.05, 0) is 37.5 Å². The number of carbonyl (C=O) groups is 2. The second kappa shape index (κ2) is 8.00. The van der Waals surface area contributed by atoms with Crippen molar-refractivity contribution in [1.82, 2.24) is 19.7 Å². The fourth-order valence-electron chi connectivity index (χ4n) is 5.53. The number of hydrogen-bond donors (Lipinski definition) is 1. The molecule has 0 aromatic carbocycles. The molecular weight excluding hydrogens is 396 g/mol. The van der Waals surface area contributed by atoms with Crippen LogP contribution in [0.2, 0.25) is 0 Å². The zero-order valence-electron chi connectivity index (χ0n) is 17.8. The second-order valence-corrected chi connectivity index (χ2v) is 8.87. The van der Waals surface area contributed by atoms with Crippen molar-refractivity contribution in [2.75, 3.05) is 33.2 Å². The maximum atomic E-state index is 13.5. The number of nitrogens with one attached hydrogen (secondary N) is 1. The van der Waals surface area contributed by atoms with Crippen molar-refractivity contribution in [1.29, 1.82) is 0 Å². The van der Waals surface area contributed by atoms with Gasteiger partial charge in [0.05, 0.1) is 6.54 Å². The summed E-state index contributed by atoms with van der Waals surface area (Å²) in [6, 6.07) is 8.43. The van der Waals surface area contributed by atoms with Crippen molar-refractivity contribution in [3.8, 4) is 0 Å². The molecule has 0 unspecified atom stereocenters. The third-order valence-electron chi connectivity index (χ3n) is 6.89. The Labute approximate surface area is 180 Å². The molecule has 0 spiro atoms. The van der Waals surface area contributed by atoms with Crippen LogP contribution in [0.25, 0.3) is 0 Å². The van der Waals surface area contributed by atoms with Crippen molar-refractivity contribution in [2.45, 2.75) is 37.8 Å². The minimum Gasteiger partial charge on any atom is -0.455 e. The highest BCUT2D eigenvalue weighted by atomic mass is 16.4. The highest BCUT2D eigenvalue weighted by Crippen LogP contribution is 2.42. The average Bonchev–Trinajstić information content (AvgIpc) is 3.46. The maximum absolute atomic E-state index is 13.5. The zero-order valence-corrected chi connectivity index (χ0v) is 17.8. The Balaban J connectivity index is 1.43. The third kappa shape index (κ3) is 3.59. The van der Waals surface area contributed by atoms with Crippen LogP contribution in [0.1, 0.15) is 53.2 Å². The molecule has 8 heteroatoms. The molecule has 0 radical (unpaired) electrons. The number of aromatic nitrogens is 1.